The fourth-order valence-electron chi connectivity index (χ4n) is 2.12. The average molecular weight is 282 g/mol. The normalized spacial score (nSPS) is 19.0. The van der Waals surface area contributed by atoms with Crippen LogP contribution in [-0.4, -0.2) is 18.7 Å². The molecule has 1 aliphatic rings. The predicted molar refractivity (Wildman–Crippen MR) is 70.7 cm³/mol. The molecule has 1 atom stereocenters. The molecule has 19 heavy (non-hydrogen) atoms. The first-order chi connectivity index (χ1) is 9.02. The van der Waals surface area contributed by atoms with Crippen molar-refractivity contribution in [1.29, 1.82) is 0 Å². The summed E-state index contributed by atoms with van der Waals surface area (Å²) in [5.74, 6) is -1.53. The number of carbonyl (C=O) groups is 2. The van der Waals surface area contributed by atoms with Gasteiger partial charge in [0.05, 0.1) is 5.92 Å². The molecule has 0 bridgehead atoms. The lowest BCUT2D eigenvalue weighted by molar-refractivity contribution is -0.120. The molecule has 1 aromatic rings. The Labute approximate surface area is 115 Å². The van der Waals surface area contributed by atoms with Crippen LogP contribution >= 0.6 is 11.6 Å². The Balaban J connectivity index is 2.33. The van der Waals surface area contributed by atoms with Gasteiger partial charge in [0.15, 0.2) is 0 Å². The zero-order chi connectivity index (χ0) is 14.0. The summed E-state index contributed by atoms with van der Waals surface area (Å²) in [7, 11) is 1.48. The van der Waals surface area contributed by atoms with Gasteiger partial charge in [-0.3, -0.25) is 9.59 Å². The SMILES string of the molecule is CNC(=O)c1ccc(C2CC(Cl)=CCC2=O)c(F)c1. The minimum atomic E-state index is -0.559. The Morgan fingerprint density at radius 3 is 2.84 bits per heavy atom. The summed E-state index contributed by atoms with van der Waals surface area (Å²) in [5, 5.41) is 2.99. The van der Waals surface area contributed by atoms with Gasteiger partial charge in [-0.05, 0) is 24.1 Å². The molecule has 3 nitrogen and oxygen atoms in total. The van der Waals surface area contributed by atoms with E-state index in [1.807, 2.05) is 0 Å². The van der Waals surface area contributed by atoms with Crippen LogP contribution in [0.5, 0.6) is 0 Å². The predicted octanol–water partition coefficient (Wildman–Crippen LogP) is 2.75. The van der Waals surface area contributed by atoms with Gasteiger partial charge in [0, 0.05) is 24.1 Å². The molecule has 1 aromatic carbocycles. The number of hydrogen-bond acceptors (Lipinski definition) is 2. The van der Waals surface area contributed by atoms with E-state index >= 15 is 0 Å². The molecule has 0 spiro atoms. The number of benzene rings is 1. The quantitative estimate of drug-likeness (QED) is 0.906. The summed E-state index contributed by atoms with van der Waals surface area (Å²) in [6.07, 6.45) is 2.19. The van der Waals surface area contributed by atoms with Crippen molar-refractivity contribution in [2.24, 2.45) is 0 Å². The van der Waals surface area contributed by atoms with Crippen molar-refractivity contribution < 1.29 is 14.0 Å². The summed E-state index contributed by atoms with van der Waals surface area (Å²) in [5.41, 5.74) is 0.526. The lowest BCUT2D eigenvalue weighted by atomic mass is 9.86. The van der Waals surface area contributed by atoms with Crippen LogP contribution < -0.4 is 5.32 Å². The highest BCUT2D eigenvalue weighted by Crippen LogP contribution is 2.33. The first-order valence-corrected chi connectivity index (χ1v) is 6.29. The molecule has 1 unspecified atom stereocenters. The van der Waals surface area contributed by atoms with E-state index < -0.39 is 11.7 Å². The van der Waals surface area contributed by atoms with Crippen LogP contribution in [-0.2, 0) is 4.79 Å². The monoisotopic (exact) mass is 281 g/mol. The Morgan fingerprint density at radius 2 is 2.21 bits per heavy atom. The van der Waals surface area contributed by atoms with E-state index in [1.54, 1.807) is 6.08 Å². The van der Waals surface area contributed by atoms with Crippen LogP contribution in [0.2, 0.25) is 0 Å². The third kappa shape index (κ3) is 2.84. The first-order valence-electron chi connectivity index (χ1n) is 5.91. The standard InChI is InChI=1S/C14H13ClFNO2/c1-17-14(19)8-2-4-10(12(16)6-8)11-7-9(15)3-5-13(11)18/h2-4,6,11H,5,7H2,1H3,(H,17,19). The van der Waals surface area contributed by atoms with E-state index in [2.05, 4.69) is 5.32 Å². The van der Waals surface area contributed by atoms with Crippen LogP contribution in [0.4, 0.5) is 4.39 Å². The second-order valence-corrected chi connectivity index (χ2v) is 4.88. The molecule has 5 heteroatoms. The van der Waals surface area contributed by atoms with Crippen LogP contribution in [0.25, 0.3) is 0 Å². The second kappa shape index (κ2) is 5.53. The molecular formula is C14H13ClFNO2. The number of ketones is 1. The third-order valence-electron chi connectivity index (χ3n) is 3.18. The molecule has 0 saturated carbocycles. The molecule has 0 heterocycles. The summed E-state index contributed by atoms with van der Waals surface area (Å²) < 4.78 is 14.0. The number of allylic oxidation sites excluding steroid dienone is 2. The maximum absolute atomic E-state index is 14.0. The first kappa shape index (κ1) is 13.7. The molecule has 0 aliphatic heterocycles. The van der Waals surface area contributed by atoms with Gasteiger partial charge in [-0.25, -0.2) is 4.39 Å². The summed E-state index contributed by atoms with van der Waals surface area (Å²) >= 11 is 5.91. The van der Waals surface area contributed by atoms with E-state index in [-0.39, 0.29) is 23.7 Å². The van der Waals surface area contributed by atoms with Gasteiger partial charge in [0.1, 0.15) is 11.6 Å². The van der Waals surface area contributed by atoms with Crippen molar-refractivity contribution in [3.8, 4) is 0 Å². The number of halogens is 2. The Kier molecular flexibility index (Phi) is 4.00. The van der Waals surface area contributed by atoms with E-state index in [0.717, 1.165) is 6.07 Å². The van der Waals surface area contributed by atoms with Crippen LogP contribution in [0.3, 0.4) is 0 Å². The van der Waals surface area contributed by atoms with Crippen molar-refractivity contribution in [2.75, 3.05) is 7.05 Å². The smallest absolute Gasteiger partial charge is 0.251 e. The van der Waals surface area contributed by atoms with Gasteiger partial charge in [-0.2, -0.15) is 0 Å². The molecule has 0 saturated heterocycles. The van der Waals surface area contributed by atoms with Crippen molar-refractivity contribution in [3.63, 3.8) is 0 Å². The Morgan fingerprint density at radius 1 is 1.47 bits per heavy atom. The number of nitrogens with one attached hydrogen (secondary N) is 1. The molecule has 1 amide bonds. The van der Waals surface area contributed by atoms with Gasteiger partial charge in [-0.15, -0.1) is 0 Å². The topological polar surface area (TPSA) is 46.2 Å². The summed E-state index contributed by atoms with van der Waals surface area (Å²) in [6, 6.07) is 4.14. The lowest BCUT2D eigenvalue weighted by Gasteiger charge is -2.20. The molecule has 100 valence electrons. The van der Waals surface area contributed by atoms with E-state index in [4.69, 9.17) is 11.6 Å². The van der Waals surface area contributed by atoms with Crippen LogP contribution in [0.1, 0.15) is 34.7 Å². The van der Waals surface area contributed by atoms with Gasteiger partial charge < -0.3 is 5.32 Å². The summed E-state index contributed by atoms with van der Waals surface area (Å²) in [6.45, 7) is 0. The molecule has 0 aromatic heterocycles. The summed E-state index contributed by atoms with van der Waals surface area (Å²) in [4.78, 5) is 23.2. The van der Waals surface area contributed by atoms with Gasteiger partial charge in [-0.1, -0.05) is 23.7 Å². The van der Waals surface area contributed by atoms with Crippen LogP contribution in [0, 0.1) is 5.82 Å². The minimum Gasteiger partial charge on any atom is -0.355 e. The minimum absolute atomic E-state index is 0.0593. The second-order valence-electron chi connectivity index (χ2n) is 4.39. The molecule has 0 radical (unpaired) electrons. The third-order valence-corrected chi connectivity index (χ3v) is 3.49. The van der Waals surface area contributed by atoms with Gasteiger partial charge in [0.25, 0.3) is 5.91 Å². The highest BCUT2D eigenvalue weighted by Gasteiger charge is 2.27. The molecular weight excluding hydrogens is 269 g/mol. The largest absolute Gasteiger partial charge is 0.355 e. The number of amides is 1. The zero-order valence-corrected chi connectivity index (χ0v) is 11.1. The van der Waals surface area contributed by atoms with Crippen molar-refractivity contribution in [3.05, 3.63) is 46.3 Å². The number of rotatable bonds is 2. The zero-order valence-electron chi connectivity index (χ0n) is 10.4. The number of hydrogen-bond donors (Lipinski definition) is 1. The highest BCUT2D eigenvalue weighted by molar-refractivity contribution is 6.30. The van der Waals surface area contributed by atoms with Gasteiger partial charge >= 0.3 is 0 Å². The maximum Gasteiger partial charge on any atom is 0.251 e. The van der Waals surface area contributed by atoms with E-state index in [0.29, 0.717) is 17.0 Å². The fourth-order valence-corrected chi connectivity index (χ4v) is 2.36. The highest BCUT2D eigenvalue weighted by atomic mass is 35.5. The van der Waals surface area contributed by atoms with Gasteiger partial charge in [0.2, 0.25) is 0 Å². The fraction of sp³-hybridized carbons (Fsp3) is 0.286. The molecule has 1 aliphatic carbocycles. The van der Waals surface area contributed by atoms with Crippen molar-refractivity contribution in [2.45, 2.75) is 18.8 Å². The lowest BCUT2D eigenvalue weighted by Crippen LogP contribution is -2.20. The average Bonchev–Trinajstić information content (AvgIpc) is 2.41. The maximum atomic E-state index is 14.0. The van der Waals surface area contributed by atoms with Crippen LogP contribution in [0.15, 0.2) is 29.3 Å². The van der Waals surface area contributed by atoms with Crippen molar-refractivity contribution >= 4 is 23.3 Å². The Bertz CT molecular complexity index is 569. The number of carbonyl (C=O) groups excluding carboxylic acids is 2. The molecule has 1 N–H and O–H groups in total. The van der Waals surface area contributed by atoms with E-state index in [9.17, 15) is 14.0 Å². The molecule has 2 rings (SSSR count). The van der Waals surface area contributed by atoms with Crippen molar-refractivity contribution in [1.82, 2.24) is 5.32 Å². The molecule has 0 fully saturated rings. The van der Waals surface area contributed by atoms with E-state index in [1.165, 1.54) is 19.2 Å². The Hall–Kier alpha value is -1.68. The number of Topliss-reactive ketones (excluding diaryl/α,β-unsaturated/α-hetero) is 1.